The van der Waals surface area contributed by atoms with Crippen molar-refractivity contribution in [2.45, 2.75) is 38.1 Å². The molecule has 0 aromatic carbocycles. The van der Waals surface area contributed by atoms with Crippen LogP contribution in [0.2, 0.25) is 0 Å². The largest absolute Gasteiger partial charge is 0.289 e. The summed E-state index contributed by atoms with van der Waals surface area (Å²) in [5, 5.41) is 8.70. The molecule has 1 atom stereocenters. The molecule has 0 aromatic heterocycles. The van der Waals surface area contributed by atoms with Crippen LogP contribution in [-0.2, 0) is 15.0 Å². The number of carbonyl (C=O) groups is 1. The second-order valence-electron chi connectivity index (χ2n) is 4.71. The third-order valence-corrected chi connectivity index (χ3v) is 5.60. The maximum absolute atomic E-state index is 12.4. The van der Waals surface area contributed by atoms with Crippen LogP contribution in [0.3, 0.4) is 0 Å². The Morgan fingerprint density at radius 3 is 2.33 bits per heavy atom. The van der Waals surface area contributed by atoms with E-state index < -0.39 is 22.2 Å². The van der Waals surface area contributed by atoms with Gasteiger partial charge in [0, 0.05) is 19.6 Å². The number of hydroxylamine groups is 1. The van der Waals surface area contributed by atoms with Gasteiger partial charge in [0.15, 0.2) is 0 Å². The minimum Gasteiger partial charge on any atom is -0.289 e. The fourth-order valence-electron chi connectivity index (χ4n) is 2.58. The molecule has 0 aliphatic carbocycles. The third-order valence-electron chi connectivity index (χ3n) is 3.55. The van der Waals surface area contributed by atoms with Gasteiger partial charge in [-0.1, -0.05) is 6.42 Å². The van der Waals surface area contributed by atoms with Crippen LogP contribution >= 0.6 is 0 Å². The average Bonchev–Trinajstić information content (AvgIpc) is 2.92. The Morgan fingerprint density at radius 2 is 1.72 bits per heavy atom. The van der Waals surface area contributed by atoms with E-state index in [9.17, 15) is 13.2 Å². The van der Waals surface area contributed by atoms with Gasteiger partial charge in [-0.2, -0.15) is 17.0 Å². The van der Waals surface area contributed by atoms with Gasteiger partial charge in [0.2, 0.25) is 0 Å². The number of piperidine rings is 1. The Balaban J connectivity index is 2.19. The fraction of sp³-hybridized carbons (Fsp3) is 0.900. The standard InChI is InChI=1S/C10H19N3O4S/c14-10(11-15)9-5-1-2-8-13(9)18(16,17)12-6-3-4-7-12/h9,15H,1-8H2,(H,11,14)/t9-/m1/s1. The van der Waals surface area contributed by atoms with Crippen molar-refractivity contribution in [2.75, 3.05) is 19.6 Å². The van der Waals surface area contributed by atoms with Gasteiger partial charge < -0.3 is 0 Å². The van der Waals surface area contributed by atoms with Gasteiger partial charge in [0.1, 0.15) is 6.04 Å². The summed E-state index contributed by atoms with van der Waals surface area (Å²) >= 11 is 0. The van der Waals surface area contributed by atoms with Crippen LogP contribution in [0.4, 0.5) is 0 Å². The van der Waals surface area contributed by atoms with Crippen molar-refractivity contribution in [3.05, 3.63) is 0 Å². The Kier molecular flexibility index (Phi) is 4.21. The van der Waals surface area contributed by atoms with Crippen molar-refractivity contribution in [1.29, 1.82) is 0 Å². The van der Waals surface area contributed by atoms with Gasteiger partial charge in [-0.15, -0.1) is 0 Å². The molecule has 0 radical (unpaired) electrons. The lowest BCUT2D eigenvalue weighted by Crippen LogP contribution is -2.55. The molecule has 1 amide bonds. The molecule has 0 spiro atoms. The summed E-state index contributed by atoms with van der Waals surface area (Å²) < 4.78 is 27.5. The summed E-state index contributed by atoms with van der Waals surface area (Å²) in [5.41, 5.74) is 1.56. The summed E-state index contributed by atoms with van der Waals surface area (Å²) in [6, 6.07) is -0.783. The van der Waals surface area contributed by atoms with Gasteiger partial charge in [-0.25, -0.2) is 5.48 Å². The van der Waals surface area contributed by atoms with Gasteiger partial charge in [-0.05, 0) is 25.7 Å². The fourth-order valence-corrected chi connectivity index (χ4v) is 4.48. The van der Waals surface area contributed by atoms with Gasteiger partial charge in [0.25, 0.3) is 16.1 Å². The maximum Gasteiger partial charge on any atom is 0.282 e. The molecule has 0 bridgehead atoms. The van der Waals surface area contributed by atoms with Crippen molar-refractivity contribution in [1.82, 2.24) is 14.1 Å². The molecule has 7 nitrogen and oxygen atoms in total. The van der Waals surface area contributed by atoms with Crippen LogP contribution in [0.15, 0.2) is 0 Å². The number of carbonyl (C=O) groups excluding carboxylic acids is 1. The van der Waals surface area contributed by atoms with E-state index in [0.29, 0.717) is 26.1 Å². The zero-order chi connectivity index (χ0) is 13.2. The lowest BCUT2D eigenvalue weighted by Gasteiger charge is -2.35. The Bertz CT molecular complexity index is 405. The molecule has 2 saturated heterocycles. The molecule has 2 heterocycles. The highest BCUT2D eigenvalue weighted by Crippen LogP contribution is 2.25. The van der Waals surface area contributed by atoms with E-state index in [-0.39, 0.29) is 0 Å². The number of nitrogens with zero attached hydrogens (tertiary/aromatic N) is 2. The van der Waals surface area contributed by atoms with Crippen molar-refractivity contribution < 1.29 is 18.4 Å². The Hall–Kier alpha value is -0.700. The second-order valence-corrected chi connectivity index (χ2v) is 6.59. The predicted octanol–water partition coefficient (Wildman–Crippen LogP) is -0.313. The van der Waals surface area contributed by atoms with E-state index in [1.807, 2.05) is 0 Å². The van der Waals surface area contributed by atoms with E-state index in [1.165, 1.54) is 8.61 Å². The quantitative estimate of drug-likeness (QED) is 0.547. The molecule has 18 heavy (non-hydrogen) atoms. The summed E-state index contributed by atoms with van der Waals surface area (Å²) in [6.45, 7) is 1.38. The molecule has 0 saturated carbocycles. The van der Waals surface area contributed by atoms with Crippen LogP contribution in [-0.4, -0.2) is 53.8 Å². The Labute approximate surface area is 107 Å². The van der Waals surface area contributed by atoms with E-state index in [4.69, 9.17) is 5.21 Å². The number of rotatable bonds is 3. The van der Waals surface area contributed by atoms with Crippen molar-refractivity contribution >= 4 is 16.1 Å². The topological polar surface area (TPSA) is 90.0 Å². The molecular formula is C10H19N3O4S. The molecule has 0 unspecified atom stereocenters. The third kappa shape index (κ3) is 2.51. The van der Waals surface area contributed by atoms with Crippen LogP contribution in [0, 0.1) is 0 Å². The number of hydrogen-bond acceptors (Lipinski definition) is 4. The summed E-state index contributed by atoms with van der Waals surface area (Å²) in [7, 11) is -3.57. The minimum atomic E-state index is -3.57. The molecule has 8 heteroatoms. The first-order valence-corrected chi connectivity index (χ1v) is 7.68. The molecule has 0 aromatic rings. The molecule has 2 aliphatic rings. The molecule has 2 fully saturated rings. The number of hydrogen-bond donors (Lipinski definition) is 2. The summed E-state index contributed by atoms with van der Waals surface area (Å²) in [4.78, 5) is 11.6. The molecule has 2 aliphatic heterocycles. The van der Waals surface area contributed by atoms with Crippen molar-refractivity contribution in [3.63, 3.8) is 0 Å². The lowest BCUT2D eigenvalue weighted by atomic mass is 10.0. The zero-order valence-corrected chi connectivity index (χ0v) is 11.0. The first kappa shape index (κ1) is 13.7. The monoisotopic (exact) mass is 277 g/mol. The maximum atomic E-state index is 12.4. The smallest absolute Gasteiger partial charge is 0.282 e. The lowest BCUT2D eigenvalue weighted by molar-refractivity contribution is -0.134. The van der Waals surface area contributed by atoms with Gasteiger partial charge in [-0.3, -0.25) is 10.0 Å². The molecule has 2 N–H and O–H groups in total. The highest BCUT2D eigenvalue weighted by Gasteiger charge is 2.40. The first-order valence-electron chi connectivity index (χ1n) is 6.28. The molecule has 104 valence electrons. The summed E-state index contributed by atoms with van der Waals surface area (Å²) in [6.07, 6.45) is 3.74. The van der Waals surface area contributed by atoms with E-state index >= 15 is 0 Å². The van der Waals surface area contributed by atoms with Gasteiger partial charge in [0.05, 0.1) is 0 Å². The summed E-state index contributed by atoms with van der Waals surface area (Å²) in [5.74, 6) is -0.641. The van der Waals surface area contributed by atoms with Crippen molar-refractivity contribution in [2.24, 2.45) is 0 Å². The Morgan fingerprint density at radius 1 is 1.11 bits per heavy atom. The highest BCUT2D eigenvalue weighted by molar-refractivity contribution is 7.86. The van der Waals surface area contributed by atoms with Crippen LogP contribution < -0.4 is 5.48 Å². The van der Waals surface area contributed by atoms with Crippen molar-refractivity contribution in [3.8, 4) is 0 Å². The SMILES string of the molecule is O=C(NO)[C@H]1CCCCN1S(=O)(=O)N1CCCC1. The van der Waals surface area contributed by atoms with Crippen LogP contribution in [0.1, 0.15) is 32.1 Å². The number of nitrogens with one attached hydrogen (secondary N) is 1. The van der Waals surface area contributed by atoms with E-state index in [1.54, 1.807) is 5.48 Å². The number of amides is 1. The predicted molar refractivity (Wildman–Crippen MR) is 64.0 cm³/mol. The molecule has 2 rings (SSSR count). The van der Waals surface area contributed by atoms with E-state index in [2.05, 4.69) is 0 Å². The normalized spacial score (nSPS) is 27.3. The second kappa shape index (κ2) is 5.52. The van der Waals surface area contributed by atoms with Crippen LogP contribution in [0.25, 0.3) is 0 Å². The first-order chi connectivity index (χ1) is 8.57. The van der Waals surface area contributed by atoms with Gasteiger partial charge >= 0.3 is 0 Å². The average molecular weight is 277 g/mol. The molecular weight excluding hydrogens is 258 g/mol. The zero-order valence-electron chi connectivity index (χ0n) is 10.2. The van der Waals surface area contributed by atoms with Crippen LogP contribution in [0.5, 0.6) is 0 Å². The minimum absolute atomic E-state index is 0.344. The highest BCUT2D eigenvalue weighted by atomic mass is 32.2. The van der Waals surface area contributed by atoms with E-state index in [0.717, 1.165) is 25.7 Å².